The Bertz CT molecular complexity index is 714. The number of aryl methyl sites for hydroxylation is 3. The van der Waals surface area contributed by atoms with Gasteiger partial charge < -0.3 is 5.32 Å². The number of aromatic nitrogens is 2. The van der Waals surface area contributed by atoms with E-state index in [0.29, 0.717) is 0 Å². The van der Waals surface area contributed by atoms with Crippen molar-refractivity contribution in [2.45, 2.75) is 52.9 Å². The van der Waals surface area contributed by atoms with E-state index in [4.69, 9.17) is 4.99 Å². The molecule has 2 aromatic rings. The van der Waals surface area contributed by atoms with Crippen LogP contribution in [0.15, 0.2) is 23.2 Å². The van der Waals surface area contributed by atoms with Gasteiger partial charge in [0.15, 0.2) is 0 Å². The van der Waals surface area contributed by atoms with E-state index < -0.39 is 0 Å². The number of aliphatic imine (C=N–C) groups is 1. The third-order valence-corrected chi connectivity index (χ3v) is 5.70. The highest BCUT2D eigenvalue weighted by Gasteiger charge is 2.16. The molecule has 0 bridgehead atoms. The first kappa shape index (κ1) is 17.1. The second-order valence-corrected chi connectivity index (χ2v) is 7.56. The van der Waals surface area contributed by atoms with Gasteiger partial charge >= 0.3 is 0 Å². The first-order valence-corrected chi connectivity index (χ1v) is 9.59. The molecule has 128 valence electrons. The Balaban J connectivity index is 1.81. The lowest BCUT2D eigenvalue weighted by Gasteiger charge is -2.20. The summed E-state index contributed by atoms with van der Waals surface area (Å²) in [5.74, 6) is 1.63. The molecular formula is C19H26N4S. The topological polar surface area (TPSA) is 50.2 Å². The summed E-state index contributed by atoms with van der Waals surface area (Å²) in [7, 11) is 0. The van der Waals surface area contributed by atoms with E-state index in [1.807, 2.05) is 6.92 Å². The molecule has 1 heterocycles. The quantitative estimate of drug-likeness (QED) is 0.635. The van der Waals surface area contributed by atoms with Crippen LogP contribution in [0.2, 0.25) is 0 Å². The van der Waals surface area contributed by atoms with Crippen LogP contribution in [0.1, 0.15) is 53.8 Å². The van der Waals surface area contributed by atoms with Gasteiger partial charge in [-0.1, -0.05) is 29.8 Å². The van der Waals surface area contributed by atoms with E-state index in [1.54, 1.807) is 0 Å². The van der Waals surface area contributed by atoms with Gasteiger partial charge in [0.1, 0.15) is 10.7 Å². The van der Waals surface area contributed by atoms with Crippen LogP contribution in [-0.2, 0) is 0 Å². The van der Waals surface area contributed by atoms with Crippen LogP contribution in [0.4, 0.5) is 5.69 Å². The largest absolute Gasteiger partial charge is 0.339 e. The molecule has 0 unspecified atom stereocenters. The van der Waals surface area contributed by atoms with E-state index >= 15 is 0 Å². The highest BCUT2D eigenvalue weighted by atomic mass is 32.1. The third-order valence-electron chi connectivity index (χ3n) is 4.87. The second kappa shape index (κ2) is 7.88. The minimum Gasteiger partial charge on any atom is -0.339 e. The first-order valence-electron chi connectivity index (χ1n) is 8.81. The number of anilines is 1. The molecule has 4 nitrogen and oxygen atoms in total. The van der Waals surface area contributed by atoms with Crippen LogP contribution in [-0.4, -0.2) is 22.0 Å². The van der Waals surface area contributed by atoms with Gasteiger partial charge in [0.05, 0.1) is 5.69 Å². The fraction of sp³-hybridized carbons (Fsp3) is 0.526. The van der Waals surface area contributed by atoms with Crippen molar-refractivity contribution in [2.75, 3.05) is 11.9 Å². The Kier molecular flexibility index (Phi) is 5.61. The van der Waals surface area contributed by atoms with Crippen molar-refractivity contribution in [1.29, 1.82) is 0 Å². The van der Waals surface area contributed by atoms with Gasteiger partial charge in [0.25, 0.3) is 0 Å². The molecule has 24 heavy (non-hydrogen) atoms. The van der Waals surface area contributed by atoms with Crippen LogP contribution < -0.4 is 5.32 Å². The standard InChI is InChI=1S/C19H26N4S/c1-13-9-10-17(11-14(13)2)21-19(18-15(3)22-23-24-18)20-12-16-7-5-4-6-8-16/h9-11,16H,4-8,12H2,1-3H3,(H,20,21). The maximum Gasteiger partial charge on any atom is 0.146 e. The van der Waals surface area contributed by atoms with Gasteiger partial charge in [0, 0.05) is 12.2 Å². The molecular weight excluding hydrogens is 316 g/mol. The molecule has 1 aromatic carbocycles. The van der Waals surface area contributed by atoms with Crippen molar-refractivity contribution in [3.05, 3.63) is 39.9 Å². The predicted octanol–water partition coefficient (Wildman–Crippen LogP) is 4.90. The summed E-state index contributed by atoms with van der Waals surface area (Å²) in [6.07, 6.45) is 6.69. The molecule has 0 aliphatic heterocycles. The number of nitrogens with one attached hydrogen (secondary N) is 1. The molecule has 0 amide bonds. The molecule has 1 aromatic heterocycles. The minimum atomic E-state index is 0.719. The van der Waals surface area contributed by atoms with Crippen LogP contribution in [0.3, 0.4) is 0 Å². The molecule has 0 radical (unpaired) electrons. The summed E-state index contributed by atoms with van der Waals surface area (Å²) in [5, 5.41) is 7.66. The van der Waals surface area contributed by atoms with E-state index in [-0.39, 0.29) is 0 Å². The molecule has 0 atom stereocenters. The Morgan fingerprint density at radius 1 is 1.17 bits per heavy atom. The molecule has 1 saturated carbocycles. The lowest BCUT2D eigenvalue weighted by Crippen LogP contribution is -2.17. The monoisotopic (exact) mass is 342 g/mol. The zero-order chi connectivity index (χ0) is 16.9. The fourth-order valence-electron chi connectivity index (χ4n) is 3.16. The number of hydrogen-bond acceptors (Lipinski definition) is 4. The number of benzene rings is 1. The summed E-state index contributed by atoms with van der Waals surface area (Å²) >= 11 is 1.42. The smallest absolute Gasteiger partial charge is 0.146 e. The molecule has 1 aliphatic carbocycles. The van der Waals surface area contributed by atoms with E-state index in [9.17, 15) is 0 Å². The lowest BCUT2D eigenvalue weighted by molar-refractivity contribution is 0.367. The van der Waals surface area contributed by atoms with E-state index in [2.05, 4.69) is 47.0 Å². The van der Waals surface area contributed by atoms with Crippen molar-refractivity contribution >= 4 is 23.1 Å². The van der Waals surface area contributed by atoms with E-state index in [1.165, 1.54) is 54.8 Å². The Morgan fingerprint density at radius 2 is 1.96 bits per heavy atom. The molecule has 0 spiro atoms. The highest BCUT2D eigenvalue weighted by molar-refractivity contribution is 7.08. The van der Waals surface area contributed by atoms with Gasteiger partial charge in [0.2, 0.25) is 0 Å². The van der Waals surface area contributed by atoms with Crippen molar-refractivity contribution in [3.8, 4) is 0 Å². The number of rotatable bonds is 4. The predicted molar refractivity (Wildman–Crippen MR) is 102 cm³/mol. The molecule has 1 fully saturated rings. The SMILES string of the molecule is Cc1ccc(NC(=NCC2CCCCC2)c2snnc2C)cc1C. The van der Waals surface area contributed by atoms with Crippen molar-refractivity contribution in [1.82, 2.24) is 9.59 Å². The number of hydrogen-bond donors (Lipinski definition) is 1. The normalized spacial score (nSPS) is 16.4. The van der Waals surface area contributed by atoms with Crippen LogP contribution >= 0.6 is 11.5 Å². The van der Waals surface area contributed by atoms with Crippen LogP contribution in [0.5, 0.6) is 0 Å². The van der Waals surface area contributed by atoms with Crippen molar-refractivity contribution < 1.29 is 0 Å². The molecule has 1 aliphatic rings. The maximum atomic E-state index is 4.93. The molecule has 1 N–H and O–H groups in total. The van der Waals surface area contributed by atoms with Crippen molar-refractivity contribution in [3.63, 3.8) is 0 Å². The first-order chi connectivity index (χ1) is 11.6. The third kappa shape index (κ3) is 4.20. The zero-order valence-electron chi connectivity index (χ0n) is 14.8. The Morgan fingerprint density at radius 3 is 2.62 bits per heavy atom. The van der Waals surface area contributed by atoms with Gasteiger partial charge in [-0.3, -0.25) is 4.99 Å². The average Bonchev–Trinajstić information content (AvgIpc) is 3.01. The summed E-state index contributed by atoms with van der Waals surface area (Å²) in [5.41, 5.74) is 4.61. The van der Waals surface area contributed by atoms with Crippen LogP contribution in [0.25, 0.3) is 0 Å². The second-order valence-electron chi connectivity index (χ2n) is 6.80. The Labute approximate surface area is 148 Å². The van der Waals surface area contributed by atoms with Gasteiger partial charge in [-0.15, -0.1) is 5.10 Å². The van der Waals surface area contributed by atoms with E-state index in [0.717, 1.165) is 34.6 Å². The number of nitrogens with zero attached hydrogens (tertiary/aromatic N) is 3. The van der Waals surface area contributed by atoms with Gasteiger partial charge in [-0.05, 0) is 74.3 Å². The maximum absolute atomic E-state index is 4.93. The molecule has 3 rings (SSSR count). The highest BCUT2D eigenvalue weighted by Crippen LogP contribution is 2.24. The zero-order valence-corrected chi connectivity index (χ0v) is 15.6. The van der Waals surface area contributed by atoms with Gasteiger partial charge in [-0.2, -0.15) is 0 Å². The lowest BCUT2D eigenvalue weighted by atomic mass is 9.89. The molecule has 5 heteroatoms. The fourth-order valence-corrected chi connectivity index (χ4v) is 3.78. The summed E-state index contributed by atoms with van der Waals surface area (Å²) in [4.78, 5) is 5.98. The molecule has 0 saturated heterocycles. The van der Waals surface area contributed by atoms with Crippen molar-refractivity contribution in [2.24, 2.45) is 10.9 Å². The summed E-state index contributed by atoms with van der Waals surface area (Å²) in [6, 6.07) is 6.44. The average molecular weight is 343 g/mol. The van der Waals surface area contributed by atoms with Crippen LogP contribution in [0, 0.1) is 26.7 Å². The summed E-state index contributed by atoms with van der Waals surface area (Å²) in [6.45, 7) is 7.16. The van der Waals surface area contributed by atoms with Gasteiger partial charge in [-0.25, -0.2) is 0 Å². The Hall–Kier alpha value is -1.75. The number of amidine groups is 1. The minimum absolute atomic E-state index is 0.719. The summed E-state index contributed by atoms with van der Waals surface area (Å²) < 4.78 is 4.08.